The number of halogens is 1. The summed E-state index contributed by atoms with van der Waals surface area (Å²) in [6.07, 6.45) is 0. The van der Waals surface area contributed by atoms with E-state index in [1.807, 2.05) is 0 Å². The molecule has 0 aliphatic heterocycles. The van der Waals surface area contributed by atoms with E-state index >= 15 is 0 Å². The van der Waals surface area contributed by atoms with Gasteiger partial charge in [0.2, 0.25) is 15.9 Å². The number of ether oxygens (including phenoxy) is 1. The highest BCUT2D eigenvalue weighted by molar-refractivity contribution is 7.89. The van der Waals surface area contributed by atoms with Crippen molar-refractivity contribution in [1.82, 2.24) is 4.31 Å². The lowest BCUT2D eigenvalue weighted by Gasteiger charge is -2.19. The molecule has 0 fully saturated rings. The number of methoxy groups -OCH3 is 1. The molecule has 0 saturated heterocycles. The summed E-state index contributed by atoms with van der Waals surface area (Å²) in [6.45, 7) is 0.0231. The second-order valence-corrected chi connectivity index (χ2v) is 7.59. The topological polar surface area (TPSA) is 89.7 Å². The number of benzene rings is 2. The molecule has 0 bridgehead atoms. The first kappa shape index (κ1) is 18.3. The zero-order valence-electron chi connectivity index (χ0n) is 13.2. The maximum atomic E-state index is 12.6. The van der Waals surface area contributed by atoms with Crippen LogP contribution in [0.1, 0.15) is 15.9 Å². The first-order valence-electron chi connectivity index (χ1n) is 6.94. The Morgan fingerprint density at radius 2 is 1.83 bits per heavy atom. The molecule has 0 aliphatic rings. The summed E-state index contributed by atoms with van der Waals surface area (Å²) in [5, 5.41) is 0.451. The van der Waals surface area contributed by atoms with Crippen molar-refractivity contribution in [2.75, 3.05) is 14.2 Å². The van der Waals surface area contributed by atoms with E-state index in [2.05, 4.69) is 0 Å². The molecule has 0 aliphatic carbocycles. The molecule has 0 spiro atoms. The van der Waals surface area contributed by atoms with Crippen LogP contribution in [0.15, 0.2) is 47.4 Å². The third-order valence-electron chi connectivity index (χ3n) is 3.48. The maximum absolute atomic E-state index is 12.6. The number of amides is 1. The van der Waals surface area contributed by atoms with Crippen molar-refractivity contribution in [3.63, 3.8) is 0 Å². The van der Waals surface area contributed by atoms with Gasteiger partial charge in [-0.05, 0) is 42.5 Å². The van der Waals surface area contributed by atoms with Gasteiger partial charge in [0, 0.05) is 29.7 Å². The zero-order chi connectivity index (χ0) is 17.9. The van der Waals surface area contributed by atoms with E-state index in [1.165, 1.54) is 54.9 Å². The van der Waals surface area contributed by atoms with Gasteiger partial charge >= 0.3 is 0 Å². The highest BCUT2D eigenvalue weighted by Gasteiger charge is 2.22. The molecule has 0 heterocycles. The fraction of sp³-hybridized carbons (Fsp3) is 0.188. The number of sulfonamides is 1. The standard InChI is InChI=1S/C16H17ClN2O4S/c1-19(24(21,22)14-6-4-13(17)5-7-14)10-12-9-11(16(18)20)3-8-15(12)23-2/h3-9H,10H2,1-2H3,(H2,18,20). The SMILES string of the molecule is COc1ccc(C(N)=O)cc1CN(C)S(=O)(=O)c1ccc(Cl)cc1. The van der Waals surface area contributed by atoms with E-state index in [0.29, 0.717) is 16.3 Å². The summed E-state index contributed by atoms with van der Waals surface area (Å²) < 4.78 is 31.6. The van der Waals surface area contributed by atoms with Gasteiger partial charge in [0.15, 0.2) is 0 Å². The summed E-state index contributed by atoms with van der Waals surface area (Å²) in [4.78, 5) is 11.5. The van der Waals surface area contributed by atoms with Gasteiger partial charge in [-0.15, -0.1) is 0 Å². The van der Waals surface area contributed by atoms with E-state index < -0.39 is 15.9 Å². The molecule has 0 radical (unpaired) electrons. The van der Waals surface area contributed by atoms with Crippen molar-refractivity contribution in [3.05, 3.63) is 58.6 Å². The van der Waals surface area contributed by atoms with E-state index in [4.69, 9.17) is 22.1 Å². The lowest BCUT2D eigenvalue weighted by Crippen LogP contribution is -2.27. The molecule has 8 heteroatoms. The van der Waals surface area contributed by atoms with Crippen LogP contribution in [-0.4, -0.2) is 32.8 Å². The van der Waals surface area contributed by atoms with Crippen LogP contribution in [-0.2, 0) is 16.6 Å². The van der Waals surface area contributed by atoms with Crippen LogP contribution in [0.25, 0.3) is 0 Å². The molecule has 128 valence electrons. The quantitative estimate of drug-likeness (QED) is 0.846. The van der Waals surface area contributed by atoms with E-state index in [1.54, 1.807) is 6.07 Å². The normalized spacial score (nSPS) is 11.5. The Kier molecular flexibility index (Phi) is 5.48. The minimum atomic E-state index is -3.71. The summed E-state index contributed by atoms with van der Waals surface area (Å²) in [7, 11) is -0.796. The van der Waals surface area contributed by atoms with Crippen molar-refractivity contribution >= 4 is 27.5 Å². The van der Waals surface area contributed by atoms with Crippen LogP contribution < -0.4 is 10.5 Å². The van der Waals surface area contributed by atoms with Crippen molar-refractivity contribution in [2.24, 2.45) is 5.73 Å². The van der Waals surface area contributed by atoms with E-state index in [-0.39, 0.29) is 17.0 Å². The summed E-state index contributed by atoms with van der Waals surface area (Å²) in [5.41, 5.74) is 6.09. The Morgan fingerprint density at radius 1 is 1.21 bits per heavy atom. The summed E-state index contributed by atoms with van der Waals surface area (Å²) in [6, 6.07) is 10.5. The van der Waals surface area contributed by atoms with Crippen molar-refractivity contribution < 1.29 is 17.9 Å². The lowest BCUT2D eigenvalue weighted by molar-refractivity contribution is 0.1000. The lowest BCUT2D eigenvalue weighted by atomic mass is 10.1. The van der Waals surface area contributed by atoms with E-state index in [0.717, 1.165) is 0 Å². The molecule has 2 N–H and O–H groups in total. The van der Waals surface area contributed by atoms with Crippen LogP contribution in [0, 0.1) is 0 Å². The molecule has 0 saturated carbocycles. The highest BCUT2D eigenvalue weighted by Crippen LogP contribution is 2.24. The number of hydrogen-bond donors (Lipinski definition) is 1. The van der Waals surface area contributed by atoms with Crippen molar-refractivity contribution in [2.45, 2.75) is 11.4 Å². The Morgan fingerprint density at radius 3 is 2.38 bits per heavy atom. The number of hydrogen-bond acceptors (Lipinski definition) is 4. The second kappa shape index (κ2) is 7.21. The van der Waals surface area contributed by atoms with Gasteiger partial charge in [-0.3, -0.25) is 4.79 Å². The minimum absolute atomic E-state index is 0.0231. The number of nitrogens with zero attached hydrogens (tertiary/aromatic N) is 1. The first-order chi connectivity index (χ1) is 11.3. The van der Waals surface area contributed by atoms with Crippen LogP contribution in [0.2, 0.25) is 5.02 Å². The largest absolute Gasteiger partial charge is 0.496 e. The molecule has 0 unspecified atom stereocenters. The second-order valence-electron chi connectivity index (χ2n) is 5.11. The van der Waals surface area contributed by atoms with E-state index in [9.17, 15) is 13.2 Å². The third-order valence-corrected chi connectivity index (χ3v) is 5.55. The number of nitrogens with two attached hydrogens (primary N) is 1. The predicted octanol–water partition coefficient (Wildman–Crippen LogP) is 2.27. The molecule has 0 aromatic heterocycles. The van der Waals surface area contributed by atoms with Crippen LogP contribution in [0.4, 0.5) is 0 Å². The van der Waals surface area contributed by atoms with Crippen molar-refractivity contribution in [3.8, 4) is 5.75 Å². The number of primary amides is 1. The highest BCUT2D eigenvalue weighted by atomic mass is 35.5. The maximum Gasteiger partial charge on any atom is 0.248 e. The molecular weight excluding hydrogens is 352 g/mol. The van der Waals surface area contributed by atoms with Gasteiger partial charge in [-0.1, -0.05) is 11.6 Å². The average Bonchev–Trinajstić information content (AvgIpc) is 2.55. The van der Waals surface area contributed by atoms with Crippen LogP contribution in [0.5, 0.6) is 5.75 Å². The van der Waals surface area contributed by atoms with Gasteiger partial charge in [-0.25, -0.2) is 8.42 Å². The number of carbonyl (C=O) groups excluding carboxylic acids is 1. The van der Waals surface area contributed by atoms with Gasteiger partial charge in [-0.2, -0.15) is 4.31 Å². The van der Waals surface area contributed by atoms with Gasteiger partial charge < -0.3 is 10.5 Å². The molecule has 0 atom stereocenters. The smallest absolute Gasteiger partial charge is 0.248 e. The predicted molar refractivity (Wildman–Crippen MR) is 91.6 cm³/mol. The average molecular weight is 369 g/mol. The molecule has 2 rings (SSSR count). The van der Waals surface area contributed by atoms with Gasteiger partial charge in [0.05, 0.1) is 12.0 Å². The third kappa shape index (κ3) is 3.87. The molecule has 24 heavy (non-hydrogen) atoms. The Hall–Kier alpha value is -2.09. The Balaban J connectivity index is 2.34. The Bertz CT molecular complexity index is 851. The fourth-order valence-corrected chi connectivity index (χ4v) is 3.44. The number of rotatable bonds is 6. The van der Waals surface area contributed by atoms with Crippen LogP contribution >= 0.6 is 11.6 Å². The zero-order valence-corrected chi connectivity index (χ0v) is 14.8. The van der Waals surface area contributed by atoms with Gasteiger partial charge in [0.1, 0.15) is 5.75 Å². The molecule has 2 aromatic rings. The van der Waals surface area contributed by atoms with Gasteiger partial charge in [0.25, 0.3) is 0 Å². The van der Waals surface area contributed by atoms with Crippen molar-refractivity contribution in [1.29, 1.82) is 0 Å². The molecule has 1 amide bonds. The summed E-state index contributed by atoms with van der Waals surface area (Å²) in [5.74, 6) is -0.125. The fourth-order valence-electron chi connectivity index (χ4n) is 2.17. The molecule has 2 aromatic carbocycles. The molecule has 6 nitrogen and oxygen atoms in total. The summed E-state index contributed by atoms with van der Waals surface area (Å²) >= 11 is 5.79. The number of carbonyl (C=O) groups is 1. The minimum Gasteiger partial charge on any atom is -0.496 e. The first-order valence-corrected chi connectivity index (χ1v) is 8.76. The molecular formula is C16H17ClN2O4S. The Labute approximate surface area is 145 Å². The van der Waals surface area contributed by atoms with Crippen LogP contribution in [0.3, 0.4) is 0 Å². The monoisotopic (exact) mass is 368 g/mol.